The average molecular weight is 314 g/mol. The number of aromatic carboxylic acids is 1. The standard InChI is InChI=1S/C22H18O2/c23-22(24)20-14-11-17(12-15-20)10-13-19-8-4-5-9-21(19)16-18-6-2-1-3-7-18/h1-15H,16H2,(H,23,24). The first-order chi connectivity index (χ1) is 11.7. The molecule has 0 aliphatic rings. The van der Waals surface area contributed by atoms with Gasteiger partial charge in [-0.25, -0.2) is 4.79 Å². The molecule has 1 N–H and O–H groups in total. The van der Waals surface area contributed by atoms with Crippen LogP contribution in [0.15, 0.2) is 78.9 Å². The fourth-order valence-electron chi connectivity index (χ4n) is 2.60. The predicted molar refractivity (Wildman–Crippen MR) is 98.0 cm³/mol. The molecule has 3 aromatic rings. The minimum Gasteiger partial charge on any atom is -0.478 e. The Morgan fingerprint density at radius 1 is 0.792 bits per heavy atom. The van der Waals surface area contributed by atoms with Gasteiger partial charge in [-0.2, -0.15) is 0 Å². The topological polar surface area (TPSA) is 37.3 Å². The van der Waals surface area contributed by atoms with Crippen molar-refractivity contribution in [2.24, 2.45) is 0 Å². The summed E-state index contributed by atoms with van der Waals surface area (Å²) in [5, 5.41) is 8.94. The zero-order chi connectivity index (χ0) is 16.8. The van der Waals surface area contributed by atoms with E-state index >= 15 is 0 Å². The van der Waals surface area contributed by atoms with Gasteiger partial charge >= 0.3 is 5.97 Å². The summed E-state index contributed by atoms with van der Waals surface area (Å²) < 4.78 is 0. The van der Waals surface area contributed by atoms with Crippen LogP contribution in [0.1, 0.15) is 32.6 Å². The molecule has 0 amide bonds. The van der Waals surface area contributed by atoms with Crippen molar-refractivity contribution in [3.8, 4) is 0 Å². The lowest BCUT2D eigenvalue weighted by atomic mass is 9.99. The van der Waals surface area contributed by atoms with E-state index in [0.717, 1.165) is 12.0 Å². The fraction of sp³-hybridized carbons (Fsp3) is 0.0455. The molecule has 0 saturated heterocycles. The molecule has 0 heterocycles. The molecular weight excluding hydrogens is 296 g/mol. The van der Waals surface area contributed by atoms with Crippen molar-refractivity contribution < 1.29 is 9.90 Å². The second kappa shape index (κ2) is 7.42. The van der Waals surface area contributed by atoms with Gasteiger partial charge in [0.2, 0.25) is 0 Å². The maximum Gasteiger partial charge on any atom is 0.335 e. The van der Waals surface area contributed by atoms with Gasteiger partial charge in [-0.15, -0.1) is 0 Å². The Labute approximate surface area is 141 Å². The molecule has 3 aromatic carbocycles. The van der Waals surface area contributed by atoms with Gasteiger partial charge in [0, 0.05) is 0 Å². The maximum atomic E-state index is 10.9. The normalized spacial score (nSPS) is 10.8. The van der Waals surface area contributed by atoms with Crippen LogP contribution in [0, 0.1) is 0 Å². The monoisotopic (exact) mass is 314 g/mol. The van der Waals surface area contributed by atoms with E-state index in [0.29, 0.717) is 5.56 Å². The van der Waals surface area contributed by atoms with Crippen molar-refractivity contribution in [2.75, 3.05) is 0 Å². The van der Waals surface area contributed by atoms with Crippen LogP contribution in [0.5, 0.6) is 0 Å². The van der Waals surface area contributed by atoms with Gasteiger partial charge in [0.15, 0.2) is 0 Å². The van der Waals surface area contributed by atoms with Gasteiger partial charge < -0.3 is 5.11 Å². The molecule has 0 aliphatic heterocycles. The second-order valence-corrected chi connectivity index (χ2v) is 5.62. The largest absolute Gasteiger partial charge is 0.478 e. The first-order valence-electron chi connectivity index (χ1n) is 7.85. The fourth-order valence-corrected chi connectivity index (χ4v) is 2.60. The molecule has 2 heteroatoms. The smallest absolute Gasteiger partial charge is 0.335 e. The van der Waals surface area contributed by atoms with Gasteiger partial charge in [0.1, 0.15) is 0 Å². The molecule has 0 fully saturated rings. The van der Waals surface area contributed by atoms with Crippen molar-refractivity contribution >= 4 is 18.1 Å². The summed E-state index contributed by atoms with van der Waals surface area (Å²) in [6.07, 6.45) is 4.98. The van der Waals surface area contributed by atoms with Crippen LogP contribution >= 0.6 is 0 Å². The molecular formula is C22H18O2. The van der Waals surface area contributed by atoms with E-state index in [1.807, 2.05) is 30.3 Å². The summed E-state index contributed by atoms with van der Waals surface area (Å²) in [4.78, 5) is 10.9. The quantitative estimate of drug-likeness (QED) is 0.662. The van der Waals surface area contributed by atoms with Crippen LogP contribution in [-0.2, 0) is 6.42 Å². The van der Waals surface area contributed by atoms with E-state index in [1.165, 1.54) is 16.7 Å². The third-order valence-electron chi connectivity index (χ3n) is 3.91. The third kappa shape index (κ3) is 3.99. The molecule has 0 bridgehead atoms. The molecule has 0 radical (unpaired) electrons. The Morgan fingerprint density at radius 2 is 1.46 bits per heavy atom. The summed E-state index contributed by atoms with van der Waals surface area (Å²) in [5.41, 5.74) is 5.00. The van der Waals surface area contributed by atoms with E-state index in [9.17, 15) is 4.79 Å². The Kier molecular flexibility index (Phi) is 4.87. The molecule has 3 rings (SSSR count). The molecule has 2 nitrogen and oxygen atoms in total. The van der Waals surface area contributed by atoms with Crippen molar-refractivity contribution in [1.82, 2.24) is 0 Å². The summed E-state index contributed by atoms with van der Waals surface area (Å²) in [5.74, 6) is -0.904. The number of benzene rings is 3. The van der Waals surface area contributed by atoms with Crippen LogP contribution in [0.3, 0.4) is 0 Å². The highest BCUT2D eigenvalue weighted by molar-refractivity contribution is 5.88. The number of hydrogen-bond donors (Lipinski definition) is 1. The average Bonchev–Trinajstić information content (AvgIpc) is 2.62. The summed E-state index contributed by atoms with van der Waals surface area (Å²) >= 11 is 0. The highest BCUT2D eigenvalue weighted by Crippen LogP contribution is 2.17. The summed E-state index contributed by atoms with van der Waals surface area (Å²) in [7, 11) is 0. The third-order valence-corrected chi connectivity index (χ3v) is 3.91. The minimum absolute atomic E-state index is 0.302. The van der Waals surface area contributed by atoms with Crippen molar-refractivity contribution in [3.63, 3.8) is 0 Å². The van der Waals surface area contributed by atoms with E-state index in [4.69, 9.17) is 5.11 Å². The number of hydrogen-bond acceptors (Lipinski definition) is 1. The van der Waals surface area contributed by atoms with Gasteiger partial charge in [-0.1, -0.05) is 78.9 Å². The highest BCUT2D eigenvalue weighted by Gasteiger charge is 2.02. The number of carboxylic acids is 1. The van der Waals surface area contributed by atoms with Gasteiger partial charge in [0.05, 0.1) is 5.56 Å². The van der Waals surface area contributed by atoms with E-state index < -0.39 is 5.97 Å². The van der Waals surface area contributed by atoms with Crippen LogP contribution in [0.4, 0.5) is 0 Å². The molecule has 0 aliphatic carbocycles. The molecule has 24 heavy (non-hydrogen) atoms. The molecule has 0 atom stereocenters. The Balaban J connectivity index is 1.81. The lowest BCUT2D eigenvalue weighted by molar-refractivity contribution is 0.0697. The van der Waals surface area contributed by atoms with E-state index in [-0.39, 0.29) is 0 Å². The first-order valence-corrected chi connectivity index (χ1v) is 7.85. The number of rotatable bonds is 5. The van der Waals surface area contributed by atoms with Gasteiger partial charge in [-0.3, -0.25) is 0 Å². The molecule has 118 valence electrons. The maximum absolute atomic E-state index is 10.9. The minimum atomic E-state index is -0.904. The number of carbonyl (C=O) groups is 1. The highest BCUT2D eigenvalue weighted by atomic mass is 16.4. The van der Waals surface area contributed by atoms with Crippen LogP contribution < -0.4 is 0 Å². The van der Waals surface area contributed by atoms with E-state index in [2.05, 4.69) is 48.5 Å². The van der Waals surface area contributed by atoms with Crippen molar-refractivity contribution in [3.05, 3.63) is 107 Å². The molecule has 0 aromatic heterocycles. The van der Waals surface area contributed by atoms with Crippen molar-refractivity contribution in [2.45, 2.75) is 6.42 Å². The zero-order valence-electron chi connectivity index (χ0n) is 13.2. The van der Waals surface area contributed by atoms with E-state index in [1.54, 1.807) is 12.1 Å². The Hall–Kier alpha value is -3.13. The van der Waals surface area contributed by atoms with Crippen LogP contribution in [0.2, 0.25) is 0 Å². The van der Waals surface area contributed by atoms with Crippen molar-refractivity contribution in [1.29, 1.82) is 0 Å². The lowest BCUT2D eigenvalue weighted by Crippen LogP contribution is -1.94. The Morgan fingerprint density at radius 3 is 2.17 bits per heavy atom. The van der Waals surface area contributed by atoms with Crippen LogP contribution in [-0.4, -0.2) is 11.1 Å². The molecule has 0 spiro atoms. The zero-order valence-corrected chi connectivity index (χ0v) is 13.2. The van der Waals surface area contributed by atoms with Gasteiger partial charge in [-0.05, 0) is 40.8 Å². The van der Waals surface area contributed by atoms with Gasteiger partial charge in [0.25, 0.3) is 0 Å². The number of carboxylic acid groups (broad SMARTS) is 1. The second-order valence-electron chi connectivity index (χ2n) is 5.62. The molecule has 0 saturated carbocycles. The summed E-state index contributed by atoms with van der Waals surface area (Å²) in [6, 6.07) is 25.6. The predicted octanol–water partition coefficient (Wildman–Crippen LogP) is 5.15. The molecule has 0 unspecified atom stereocenters. The first kappa shape index (κ1) is 15.8. The SMILES string of the molecule is O=C(O)c1ccc(C=Cc2ccccc2Cc2ccccc2)cc1. The van der Waals surface area contributed by atoms with Crippen LogP contribution in [0.25, 0.3) is 12.2 Å². The lowest BCUT2D eigenvalue weighted by Gasteiger charge is -2.06. The Bertz CT molecular complexity index is 847. The summed E-state index contributed by atoms with van der Waals surface area (Å²) in [6.45, 7) is 0.